The topological polar surface area (TPSA) is 107 Å². The summed E-state index contributed by atoms with van der Waals surface area (Å²) in [6, 6.07) is 9.92. The van der Waals surface area contributed by atoms with Crippen LogP contribution in [0.25, 0.3) is 16.5 Å². The summed E-state index contributed by atoms with van der Waals surface area (Å²) in [6.45, 7) is 9.41. The molecule has 0 aliphatic carbocycles. The van der Waals surface area contributed by atoms with E-state index in [9.17, 15) is 13.2 Å². The van der Waals surface area contributed by atoms with Crippen molar-refractivity contribution in [3.05, 3.63) is 102 Å². The van der Waals surface area contributed by atoms with Crippen molar-refractivity contribution in [1.29, 1.82) is 0 Å². The zero-order chi connectivity index (χ0) is 29.5. The van der Waals surface area contributed by atoms with Gasteiger partial charge in [0.1, 0.15) is 15.8 Å². The summed E-state index contributed by atoms with van der Waals surface area (Å²) in [4.78, 5) is 18.4. The molecule has 0 radical (unpaired) electrons. The molecule has 0 spiro atoms. The summed E-state index contributed by atoms with van der Waals surface area (Å²) in [6.07, 6.45) is 3.57. The van der Waals surface area contributed by atoms with Gasteiger partial charge in [-0.3, -0.25) is 14.5 Å². The zero-order valence-electron chi connectivity index (χ0n) is 23.5. The number of sulfonamides is 1. The Morgan fingerprint density at radius 3 is 2.54 bits per heavy atom. The van der Waals surface area contributed by atoms with Gasteiger partial charge in [0.25, 0.3) is 15.6 Å². The van der Waals surface area contributed by atoms with Gasteiger partial charge >= 0.3 is 0 Å². The second-order valence-electron chi connectivity index (χ2n) is 9.98. The van der Waals surface area contributed by atoms with Crippen LogP contribution in [-0.4, -0.2) is 23.1 Å². The number of nitrogens with one attached hydrogen (secondary N) is 1. The van der Waals surface area contributed by atoms with E-state index in [0.717, 1.165) is 51.8 Å². The number of aromatic nitrogens is 3. The molecule has 1 N–H and O–H groups in total. The molecule has 0 saturated carbocycles. The molecule has 1 aliphatic heterocycles. The van der Waals surface area contributed by atoms with Gasteiger partial charge in [0, 0.05) is 34.0 Å². The molecule has 41 heavy (non-hydrogen) atoms. The number of halogens is 1. The molecule has 0 amide bonds. The minimum atomic E-state index is -4.08. The number of thioether (sulfide) groups is 1. The van der Waals surface area contributed by atoms with Crippen molar-refractivity contribution in [3.8, 4) is 0 Å². The maximum absolute atomic E-state index is 15.7. The van der Waals surface area contributed by atoms with Crippen molar-refractivity contribution in [3.63, 3.8) is 0 Å². The van der Waals surface area contributed by atoms with Crippen LogP contribution in [0.1, 0.15) is 61.0 Å². The predicted molar refractivity (Wildman–Crippen MR) is 162 cm³/mol. The van der Waals surface area contributed by atoms with Gasteiger partial charge in [0.05, 0.1) is 12.1 Å². The minimum absolute atomic E-state index is 0.0150. The monoisotopic (exact) mass is 594 g/mol. The standard InChI is InChI=1S/C30H31FN4O4S2/c1-6-21-15-27-24(26(7-2)32-21)12-13-28(36)35(27)16-20-9-11-22(25(31)14-20)23-10-8-17(3)40-30(23)41(37,38)34-29-18(4)19(5)39-33-29/h8-9,11-15H,6-7,10,16H2,1-5H3,(H,33,34). The molecular formula is C30H31FN4O4S2. The van der Waals surface area contributed by atoms with Crippen LogP contribution < -0.4 is 10.3 Å². The highest BCUT2D eigenvalue weighted by Gasteiger charge is 2.29. The Hall–Kier alpha value is -3.70. The quantitative estimate of drug-likeness (QED) is 0.249. The molecule has 4 aromatic rings. The predicted octanol–water partition coefficient (Wildman–Crippen LogP) is 6.46. The van der Waals surface area contributed by atoms with Gasteiger partial charge in [-0.05, 0) is 74.3 Å². The fourth-order valence-electron chi connectivity index (χ4n) is 4.82. The van der Waals surface area contributed by atoms with Crippen LogP contribution in [0.4, 0.5) is 10.2 Å². The summed E-state index contributed by atoms with van der Waals surface area (Å²) < 4.78 is 51.9. The van der Waals surface area contributed by atoms with Gasteiger partial charge in [-0.15, -0.1) is 0 Å². The third kappa shape index (κ3) is 5.60. The number of benzene rings is 1. The Balaban J connectivity index is 1.54. The number of nitrogens with zero attached hydrogens (tertiary/aromatic N) is 3. The van der Waals surface area contributed by atoms with Gasteiger partial charge in [0.15, 0.2) is 5.82 Å². The Morgan fingerprint density at radius 2 is 1.88 bits per heavy atom. The largest absolute Gasteiger partial charge is 0.359 e. The van der Waals surface area contributed by atoms with Crippen molar-refractivity contribution in [2.24, 2.45) is 0 Å². The van der Waals surface area contributed by atoms with Gasteiger partial charge < -0.3 is 9.09 Å². The van der Waals surface area contributed by atoms with Gasteiger partial charge in [-0.2, -0.15) is 0 Å². The number of anilines is 1. The third-order valence-corrected chi connectivity index (χ3v) is 10.3. The average molecular weight is 595 g/mol. The van der Waals surface area contributed by atoms with Crippen molar-refractivity contribution in [2.75, 3.05) is 4.72 Å². The first-order chi connectivity index (χ1) is 19.5. The Kier molecular flexibility index (Phi) is 7.93. The maximum atomic E-state index is 15.7. The van der Waals surface area contributed by atoms with E-state index >= 15 is 4.39 Å². The van der Waals surface area contributed by atoms with Crippen LogP contribution in [0.2, 0.25) is 0 Å². The molecular weight excluding hydrogens is 563 g/mol. The van der Waals surface area contributed by atoms with Crippen LogP contribution >= 0.6 is 11.8 Å². The Labute approximate surface area is 242 Å². The van der Waals surface area contributed by atoms with Crippen molar-refractivity contribution < 1.29 is 17.3 Å². The molecule has 0 atom stereocenters. The molecule has 1 aromatic carbocycles. The first-order valence-corrected chi connectivity index (χ1v) is 15.7. The second-order valence-corrected chi connectivity index (χ2v) is 13.1. The van der Waals surface area contributed by atoms with E-state index in [1.807, 2.05) is 32.9 Å². The number of pyridine rings is 2. The molecule has 0 saturated heterocycles. The summed E-state index contributed by atoms with van der Waals surface area (Å²) in [7, 11) is -4.08. The van der Waals surface area contributed by atoms with E-state index in [-0.39, 0.29) is 34.1 Å². The Morgan fingerprint density at radius 1 is 1.10 bits per heavy atom. The zero-order valence-corrected chi connectivity index (χ0v) is 25.2. The van der Waals surface area contributed by atoms with Gasteiger partial charge in [-0.25, -0.2) is 12.8 Å². The number of aryl methyl sites for hydroxylation is 3. The van der Waals surface area contributed by atoms with Crippen LogP contribution in [0.5, 0.6) is 0 Å². The lowest BCUT2D eigenvalue weighted by molar-refractivity contribution is 0.399. The van der Waals surface area contributed by atoms with Gasteiger partial charge in [-0.1, -0.05) is 49.0 Å². The van der Waals surface area contributed by atoms with Crippen LogP contribution in [0.15, 0.2) is 60.9 Å². The summed E-state index contributed by atoms with van der Waals surface area (Å²) in [5.74, 6) is 0.0427. The highest BCUT2D eigenvalue weighted by molar-refractivity contribution is 8.21. The summed E-state index contributed by atoms with van der Waals surface area (Å²) >= 11 is 1.07. The highest BCUT2D eigenvalue weighted by atomic mass is 32.3. The molecule has 8 nitrogen and oxygen atoms in total. The highest BCUT2D eigenvalue weighted by Crippen LogP contribution is 2.43. The molecule has 0 bridgehead atoms. The fourth-order valence-corrected chi connectivity index (χ4v) is 7.61. The second kappa shape index (κ2) is 11.3. The summed E-state index contributed by atoms with van der Waals surface area (Å²) in [5.41, 5.74) is 4.07. The molecule has 5 rings (SSSR count). The molecule has 0 unspecified atom stereocenters. The smallest absolute Gasteiger partial charge is 0.269 e. The summed E-state index contributed by atoms with van der Waals surface area (Å²) in [5, 5.41) is 4.71. The van der Waals surface area contributed by atoms with E-state index < -0.39 is 15.8 Å². The fraction of sp³-hybridized carbons (Fsp3) is 0.300. The SMILES string of the molecule is CCc1cc2c(ccc(=O)n2Cc2ccc(C3=C(S(=O)(=O)Nc4noc(C)c4C)SC(C)=CC3)c(F)c2)c(CC)n1. The maximum Gasteiger partial charge on any atom is 0.269 e. The van der Waals surface area contributed by atoms with Crippen molar-refractivity contribution in [2.45, 2.75) is 60.4 Å². The van der Waals surface area contributed by atoms with E-state index in [1.54, 1.807) is 36.6 Å². The lowest BCUT2D eigenvalue weighted by atomic mass is 10.0. The number of hydrogen-bond acceptors (Lipinski definition) is 7. The van der Waals surface area contributed by atoms with Gasteiger partial charge in [0.2, 0.25) is 0 Å². The van der Waals surface area contributed by atoms with E-state index in [0.29, 0.717) is 22.5 Å². The van der Waals surface area contributed by atoms with Crippen LogP contribution in [0.3, 0.4) is 0 Å². The van der Waals surface area contributed by atoms with E-state index in [1.165, 1.54) is 12.1 Å². The first-order valence-electron chi connectivity index (χ1n) is 13.4. The molecule has 1 aliphatic rings. The van der Waals surface area contributed by atoms with E-state index in [4.69, 9.17) is 9.51 Å². The molecule has 3 aromatic heterocycles. The number of rotatable bonds is 8. The molecule has 11 heteroatoms. The number of allylic oxidation sites excluding steroid dienone is 3. The van der Waals surface area contributed by atoms with Crippen molar-refractivity contribution in [1.82, 2.24) is 14.7 Å². The molecule has 4 heterocycles. The van der Waals surface area contributed by atoms with Crippen LogP contribution in [-0.2, 0) is 29.4 Å². The lowest BCUT2D eigenvalue weighted by Crippen LogP contribution is -2.21. The minimum Gasteiger partial charge on any atom is -0.359 e. The molecule has 0 fully saturated rings. The normalized spacial score (nSPS) is 14.0. The van der Waals surface area contributed by atoms with Crippen molar-refractivity contribution >= 4 is 44.1 Å². The number of fused-ring (bicyclic) bond motifs is 1. The Bertz CT molecular complexity index is 1910. The van der Waals surface area contributed by atoms with E-state index in [2.05, 4.69) is 9.88 Å². The number of hydrogen-bond donors (Lipinski definition) is 1. The lowest BCUT2D eigenvalue weighted by Gasteiger charge is -2.20. The first kappa shape index (κ1) is 28.8. The van der Waals surface area contributed by atoms with Crippen LogP contribution in [0, 0.1) is 19.7 Å². The average Bonchev–Trinajstić information content (AvgIpc) is 3.25. The third-order valence-electron chi connectivity index (χ3n) is 7.24. The molecule has 214 valence electrons.